The number of aryl methyl sites for hydroxylation is 1. The van der Waals surface area contributed by atoms with Crippen LogP contribution in [-0.2, 0) is 17.8 Å². The minimum Gasteiger partial charge on any atom is -0.311 e. The number of rotatable bonds is 6. The zero-order chi connectivity index (χ0) is 16.1. The molecule has 1 N–H and O–H groups in total. The molecule has 0 atom stereocenters. The molecule has 0 aliphatic carbocycles. The van der Waals surface area contributed by atoms with Crippen LogP contribution in [0.5, 0.6) is 0 Å². The second kappa shape index (κ2) is 7.20. The fourth-order valence-corrected chi connectivity index (χ4v) is 2.50. The lowest BCUT2D eigenvalue weighted by Crippen LogP contribution is -2.13. The smallest absolute Gasteiger partial charge is 0.225 e. The van der Waals surface area contributed by atoms with Gasteiger partial charge in [0.05, 0.1) is 5.69 Å². The van der Waals surface area contributed by atoms with E-state index in [1.807, 2.05) is 23.7 Å². The molecule has 5 nitrogen and oxygen atoms in total. The Labute approximate surface area is 131 Å². The summed E-state index contributed by atoms with van der Waals surface area (Å²) >= 11 is 0. The molecule has 0 saturated heterocycles. The highest BCUT2D eigenvalue weighted by atomic mass is 16.1. The number of carbonyl (C=O) groups excluding carboxylic acids is 1. The Kier molecular flexibility index (Phi) is 5.31. The van der Waals surface area contributed by atoms with E-state index in [2.05, 4.69) is 36.2 Å². The molecule has 2 aromatic heterocycles. The van der Waals surface area contributed by atoms with Crippen LogP contribution in [0.2, 0.25) is 0 Å². The first kappa shape index (κ1) is 16.2. The Hall–Kier alpha value is -2.17. The lowest BCUT2D eigenvalue weighted by Gasteiger charge is -2.08. The van der Waals surface area contributed by atoms with E-state index in [-0.39, 0.29) is 5.91 Å². The summed E-state index contributed by atoms with van der Waals surface area (Å²) in [5, 5.41) is 7.40. The number of aromatic nitrogens is 3. The van der Waals surface area contributed by atoms with Crippen LogP contribution >= 0.6 is 0 Å². The van der Waals surface area contributed by atoms with Crippen LogP contribution in [0.15, 0.2) is 24.4 Å². The monoisotopic (exact) mass is 300 g/mol. The van der Waals surface area contributed by atoms with E-state index in [9.17, 15) is 4.79 Å². The average Bonchev–Trinajstić information content (AvgIpc) is 2.72. The van der Waals surface area contributed by atoms with E-state index in [1.54, 1.807) is 12.3 Å². The number of carbonyl (C=O) groups is 1. The van der Waals surface area contributed by atoms with Crippen LogP contribution in [0.1, 0.15) is 37.2 Å². The standard InChI is InChI=1S/C17H24N4O/c1-12(2)11-21-14(4)15(13(3)20-21)8-9-17(22)19-16-7-5-6-10-18-16/h5-7,10,12H,8-9,11H2,1-4H3,(H,18,19,22). The summed E-state index contributed by atoms with van der Waals surface area (Å²) in [6.45, 7) is 9.35. The lowest BCUT2D eigenvalue weighted by atomic mass is 10.1. The highest BCUT2D eigenvalue weighted by molar-refractivity contribution is 5.89. The van der Waals surface area contributed by atoms with Crippen molar-refractivity contribution in [1.82, 2.24) is 14.8 Å². The molecule has 118 valence electrons. The van der Waals surface area contributed by atoms with Gasteiger partial charge in [-0.2, -0.15) is 5.10 Å². The summed E-state index contributed by atoms with van der Waals surface area (Å²) in [5.74, 6) is 1.13. The molecule has 0 radical (unpaired) electrons. The van der Waals surface area contributed by atoms with E-state index >= 15 is 0 Å². The molecule has 2 heterocycles. The van der Waals surface area contributed by atoms with Gasteiger partial charge in [0, 0.05) is 24.9 Å². The zero-order valence-electron chi connectivity index (χ0n) is 13.8. The van der Waals surface area contributed by atoms with Gasteiger partial charge in [0.25, 0.3) is 0 Å². The number of hydrogen-bond acceptors (Lipinski definition) is 3. The Bertz CT molecular complexity index is 632. The van der Waals surface area contributed by atoms with Crippen molar-refractivity contribution in [2.75, 3.05) is 5.32 Å². The fraction of sp³-hybridized carbons (Fsp3) is 0.471. The topological polar surface area (TPSA) is 59.8 Å². The van der Waals surface area contributed by atoms with Crippen molar-refractivity contribution in [3.05, 3.63) is 41.3 Å². The van der Waals surface area contributed by atoms with Crippen molar-refractivity contribution in [1.29, 1.82) is 0 Å². The first-order chi connectivity index (χ1) is 10.5. The van der Waals surface area contributed by atoms with Crippen LogP contribution < -0.4 is 5.32 Å². The van der Waals surface area contributed by atoms with Crippen LogP contribution in [0.3, 0.4) is 0 Å². The molecule has 0 fully saturated rings. The molecule has 0 aliphatic rings. The van der Waals surface area contributed by atoms with Crippen molar-refractivity contribution >= 4 is 11.7 Å². The molecule has 0 saturated carbocycles. The van der Waals surface area contributed by atoms with Crippen molar-refractivity contribution in [2.45, 2.75) is 47.1 Å². The molecular formula is C17H24N4O. The fourth-order valence-electron chi connectivity index (χ4n) is 2.50. The molecule has 1 amide bonds. The van der Waals surface area contributed by atoms with Gasteiger partial charge in [-0.25, -0.2) is 4.98 Å². The lowest BCUT2D eigenvalue weighted by molar-refractivity contribution is -0.116. The summed E-state index contributed by atoms with van der Waals surface area (Å²) in [6.07, 6.45) is 2.81. The van der Waals surface area contributed by atoms with Gasteiger partial charge in [0.15, 0.2) is 0 Å². The van der Waals surface area contributed by atoms with Gasteiger partial charge in [0.1, 0.15) is 5.82 Å². The van der Waals surface area contributed by atoms with Crippen LogP contribution in [0.25, 0.3) is 0 Å². The number of amides is 1. The van der Waals surface area contributed by atoms with E-state index in [4.69, 9.17) is 0 Å². The second-order valence-electron chi connectivity index (χ2n) is 5.99. The summed E-state index contributed by atoms with van der Waals surface area (Å²) in [4.78, 5) is 16.1. The number of nitrogens with one attached hydrogen (secondary N) is 1. The molecule has 0 aromatic carbocycles. The number of nitrogens with zero attached hydrogens (tertiary/aromatic N) is 3. The number of pyridine rings is 1. The number of anilines is 1. The molecule has 2 rings (SSSR count). The van der Waals surface area contributed by atoms with E-state index < -0.39 is 0 Å². The first-order valence-corrected chi connectivity index (χ1v) is 7.71. The second-order valence-corrected chi connectivity index (χ2v) is 5.99. The highest BCUT2D eigenvalue weighted by Crippen LogP contribution is 2.17. The first-order valence-electron chi connectivity index (χ1n) is 7.71. The third kappa shape index (κ3) is 4.16. The van der Waals surface area contributed by atoms with Crippen LogP contribution in [0.4, 0.5) is 5.82 Å². The van der Waals surface area contributed by atoms with Gasteiger partial charge < -0.3 is 5.32 Å². The Morgan fingerprint density at radius 2 is 2.09 bits per heavy atom. The summed E-state index contributed by atoms with van der Waals surface area (Å²) in [6, 6.07) is 5.47. The minimum atomic E-state index is -0.0193. The molecule has 5 heteroatoms. The largest absolute Gasteiger partial charge is 0.311 e. The van der Waals surface area contributed by atoms with Crippen LogP contribution in [-0.4, -0.2) is 20.7 Å². The predicted octanol–water partition coefficient (Wildman–Crippen LogP) is 3.12. The maximum Gasteiger partial charge on any atom is 0.225 e. The van der Waals surface area contributed by atoms with Crippen molar-refractivity contribution in [3.8, 4) is 0 Å². The highest BCUT2D eigenvalue weighted by Gasteiger charge is 2.14. The van der Waals surface area contributed by atoms with E-state index in [0.717, 1.165) is 17.9 Å². The third-order valence-electron chi connectivity index (χ3n) is 3.60. The maximum atomic E-state index is 12.0. The Balaban J connectivity index is 1.96. The normalized spacial score (nSPS) is 11.0. The van der Waals surface area contributed by atoms with Crippen molar-refractivity contribution in [2.24, 2.45) is 5.92 Å². The maximum absolute atomic E-state index is 12.0. The summed E-state index contributed by atoms with van der Waals surface area (Å²) in [7, 11) is 0. The average molecular weight is 300 g/mol. The summed E-state index contributed by atoms with van der Waals surface area (Å²) in [5.41, 5.74) is 3.36. The molecule has 0 unspecified atom stereocenters. The molecule has 22 heavy (non-hydrogen) atoms. The van der Waals surface area contributed by atoms with Gasteiger partial charge in [-0.3, -0.25) is 9.48 Å². The van der Waals surface area contributed by atoms with Gasteiger partial charge in [-0.15, -0.1) is 0 Å². The predicted molar refractivity (Wildman–Crippen MR) is 87.7 cm³/mol. The molecule has 0 spiro atoms. The van der Waals surface area contributed by atoms with E-state index in [1.165, 1.54) is 5.56 Å². The Morgan fingerprint density at radius 3 is 2.73 bits per heavy atom. The quantitative estimate of drug-likeness (QED) is 0.891. The summed E-state index contributed by atoms with van der Waals surface area (Å²) < 4.78 is 2.05. The van der Waals surface area contributed by atoms with Gasteiger partial charge in [-0.05, 0) is 43.9 Å². The van der Waals surface area contributed by atoms with Gasteiger partial charge >= 0.3 is 0 Å². The number of hydrogen-bond donors (Lipinski definition) is 1. The molecule has 0 aliphatic heterocycles. The van der Waals surface area contributed by atoms with Crippen molar-refractivity contribution < 1.29 is 4.79 Å². The van der Waals surface area contributed by atoms with Crippen molar-refractivity contribution in [3.63, 3.8) is 0 Å². The third-order valence-corrected chi connectivity index (χ3v) is 3.60. The molecule has 2 aromatic rings. The zero-order valence-corrected chi connectivity index (χ0v) is 13.8. The minimum absolute atomic E-state index is 0.0193. The van der Waals surface area contributed by atoms with Gasteiger partial charge in [0.2, 0.25) is 5.91 Å². The Morgan fingerprint density at radius 1 is 1.32 bits per heavy atom. The van der Waals surface area contributed by atoms with Crippen LogP contribution in [0, 0.1) is 19.8 Å². The van der Waals surface area contributed by atoms with Gasteiger partial charge in [-0.1, -0.05) is 19.9 Å². The molecular weight excluding hydrogens is 276 g/mol. The van der Waals surface area contributed by atoms with E-state index in [0.29, 0.717) is 24.6 Å². The SMILES string of the molecule is Cc1nn(CC(C)C)c(C)c1CCC(=O)Nc1ccccn1. The molecule has 0 bridgehead atoms.